The van der Waals surface area contributed by atoms with E-state index in [0.717, 1.165) is 19.4 Å². The number of nitrogens with one attached hydrogen (secondary N) is 2. The second-order valence-corrected chi connectivity index (χ2v) is 5.56. The molecule has 0 bridgehead atoms. The van der Waals surface area contributed by atoms with E-state index in [0.29, 0.717) is 11.3 Å². The summed E-state index contributed by atoms with van der Waals surface area (Å²) in [4.78, 5) is 26.0. The van der Waals surface area contributed by atoms with Gasteiger partial charge in [0.1, 0.15) is 0 Å². The van der Waals surface area contributed by atoms with Crippen LogP contribution in [0.1, 0.15) is 30.1 Å². The standard InChI is InChI=1S/C15H21N3O2/c1-15(9-6-10-16-15)14(20)17-12-8-5-4-7-11(12)13(19)18(2)3/h4-5,7-8,16H,6,9-10H2,1-3H3,(H,17,20). The summed E-state index contributed by atoms with van der Waals surface area (Å²) in [6, 6.07) is 7.09. The topological polar surface area (TPSA) is 61.4 Å². The Kier molecular flexibility index (Phi) is 4.09. The third kappa shape index (κ3) is 2.82. The molecule has 1 unspecified atom stereocenters. The van der Waals surface area contributed by atoms with Crippen molar-refractivity contribution < 1.29 is 9.59 Å². The number of nitrogens with zero attached hydrogens (tertiary/aromatic N) is 1. The fraction of sp³-hybridized carbons (Fsp3) is 0.467. The molecule has 1 aliphatic rings. The number of hydrogen-bond donors (Lipinski definition) is 2. The number of benzene rings is 1. The van der Waals surface area contributed by atoms with Gasteiger partial charge >= 0.3 is 0 Å². The Labute approximate surface area is 119 Å². The highest BCUT2D eigenvalue weighted by atomic mass is 16.2. The molecule has 108 valence electrons. The van der Waals surface area contributed by atoms with Crippen LogP contribution in [0.3, 0.4) is 0 Å². The number of carbonyl (C=O) groups is 2. The summed E-state index contributed by atoms with van der Waals surface area (Å²) in [6.45, 7) is 2.74. The highest BCUT2D eigenvalue weighted by molar-refractivity contribution is 6.05. The molecule has 5 nitrogen and oxygen atoms in total. The molecule has 1 heterocycles. The van der Waals surface area contributed by atoms with E-state index < -0.39 is 5.54 Å². The van der Waals surface area contributed by atoms with Gasteiger partial charge in [0.15, 0.2) is 0 Å². The van der Waals surface area contributed by atoms with E-state index in [1.165, 1.54) is 4.90 Å². The third-order valence-corrected chi connectivity index (χ3v) is 3.68. The van der Waals surface area contributed by atoms with Crippen molar-refractivity contribution in [3.63, 3.8) is 0 Å². The van der Waals surface area contributed by atoms with Gasteiger partial charge in [-0.15, -0.1) is 0 Å². The molecule has 5 heteroatoms. The van der Waals surface area contributed by atoms with E-state index in [1.807, 2.05) is 13.0 Å². The minimum atomic E-state index is -0.547. The minimum absolute atomic E-state index is 0.0889. The highest BCUT2D eigenvalue weighted by Gasteiger charge is 2.36. The Morgan fingerprint density at radius 3 is 2.60 bits per heavy atom. The maximum atomic E-state index is 12.4. The van der Waals surface area contributed by atoms with Crippen LogP contribution in [0.5, 0.6) is 0 Å². The van der Waals surface area contributed by atoms with Crippen molar-refractivity contribution in [2.24, 2.45) is 0 Å². The van der Waals surface area contributed by atoms with E-state index in [9.17, 15) is 9.59 Å². The summed E-state index contributed by atoms with van der Waals surface area (Å²) in [6.07, 6.45) is 1.80. The zero-order valence-electron chi connectivity index (χ0n) is 12.2. The Bertz CT molecular complexity index is 520. The summed E-state index contributed by atoms with van der Waals surface area (Å²) >= 11 is 0. The van der Waals surface area contributed by atoms with Crippen LogP contribution < -0.4 is 10.6 Å². The average molecular weight is 275 g/mol. The fourth-order valence-electron chi connectivity index (χ4n) is 2.37. The third-order valence-electron chi connectivity index (χ3n) is 3.68. The predicted octanol–water partition coefficient (Wildman–Crippen LogP) is 1.47. The van der Waals surface area contributed by atoms with Crippen molar-refractivity contribution in [2.45, 2.75) is 25.3 Å². The van der Waals surface area contributed by atoms with Gasteiger partial charge in [-0.1, -0.05) is 12.1 Å². The van der Waals surface area contributed by atoms with Gasteiger partial charge in [0.05, 0.1) is 16.8 Å². The monoisotopic (exact) mass is 275 g/mol. The molecule has 0 saturated carbocycles. The van der Waals surface area contributed by atoms with Crippen molar-refractivity contribution in [2.75, 3.05) is 26.0 Å². The van der Waals surface area contributed by atoms with Gasteiger partial charge in [0.2, 0.25) is 5.91 Å². The van der Waals surface area contributed by atoms with Crippen LogP contribution in [0.15, 0.2) is 24.3 Å². The molecule has 2 rings (SSSR count). The van der Waals surface area contributed by atoms with Gasteiger partial charge in [0, 0.05) is 14.1 Å². The number of para-hydroxylation sites is 1. The summed E-state index contributed by atoms with van der Waals surface area (Å²) in [5.41, 5.74) is 0.521. The molecule has 0 aromatic heterocycles. The van der Waals surface area contributed by atoms with Gasteiger partial charge in [0.25, 0.3) is 5.91 Å². The van der Waals surface area contributed by atoms with Crippen LogP contribution in [-0.4, -0.2) is 42.9 Å². The van der Waals surface area contributed by atoms with Gasteiger partial charge in [-0.2, -0.15) is 0 Å². The zero-order valence-corrected chi connectivity index (χ0v) is 12.2. The van der Waals surface area contributed by atoms with Gasteiger partial charge in [-0.25, -0.2) is 0 Å². The SMILES string of the molecule is CN(C)C(=O)c1ccccc1NC(=O)C1(C)CCCN1. The first-order valence-electron chi connectivity index (χ1n) is 6.81. The van der Waals surface area contributed by atoms with Crippen molar-refractivity contribution in [1.29, 1.82) is 0 Å². The first-order valence-corrected chi connectivity index (χ1v) is 6.81. The first-order chi connectivity index (χ1) is 9.44. The average Bonchev–Trinajstić information content (AvgIpc) is 2.87. The molecular formula is C15H21N3O2. The Morgan fingerprint density at radius 1 is 1.30 bits per heavy atom. The van der Waals surface area contributed by atoms with E-state index in [1.54, 1.807) is 32.3 Å². The van der Waals surface area contributed by atoms with Crippen LogP contribution in [0.25, 0.3) is 0 Å². The van der Waals surface area contributed by atoms with E-state index >= 15 is 0 Å². The molecule has 1 aliphatic heterocycles. The van der Waals surface area contributed by atoms with Gasteiger partial charge in [-0.05, 0) is 38.4 Å². The van der Waals surface area contributed by atoms with Gasteiger partial charge < -0.3 is 15.5 Å². The molecule has 0 radical (unpaired) electrons. The smallest absolute Gasteiger partial charge is 0.255 e. The Balaban J connectivity index is 2.21. The van der Waals surface area contributed by atoms with Crippen LogP contribution in [0.2, 0.25) is 0 Å². The second kappa shape index (κ2) is 5.63. The molecule has 1 aromatic carbocycles. The lowest BCUT2D eigenvalue weighted by molar-refractivity contribution is -0.121. The summed E-state index contributed by atoms with van der Waals surface area (Å²) in [5, 5.41) is 6.10. The summed E-state index contributed by atoms with van der Waals surface area (Å²) < 4.78 is 0. The number of hydrogen-bond acceptors (Lipinski definition) is 3. The molecule has 0 spiro atoms. The van der Waals surface area contributed by atoms with Crippen molar-refractivity contribution in [1.82, 2.24) is 10.2 Å². The summed E-state index contributed by atoms with van der Waals surface area (Å²) in [5.74, 6) is -0.209. The summed E-state index contributed by atoms with van der Waals surface area (Å²) in [7, 11) is 3.39. The van der Waals surface area contributed by atoms with Crippen molar-refractivity contribution in [3.05, 3.63) is 29.8 Å². The lowest BCUT2D eigenvalue weighted by Crippen LogP contribution is -2.48. The molecule has 0 aliphatic carbocycles. The number of anilines is 1. The number of carbonyl (C=O) groups excluding carboxylic acids is 2. The fourth-order valence-corrected chi connectivity index (χ4v) is 2.37. The van der Waals surface area contributed by atoms with Gasteiger partial charge in [-0.3, -0.25) is 9.59 Å². The normalized spacial score (nSPS) is 21.6. The van der Waals surface area contributed by atoms with Crippen LogP contribution in [0.4, 0.5) is 5.69 Å². The molecule has 1 aromatic rings. The number of amides is 2. The van der Waals surface area contributed by atoms with Crippen molar-refractivity contribution >= 4 is 17.5 Å². The lowest BCUT2D eigenvalue weighted by atomic mass is 9.99. The van der Waals surface area contributed by atoms with E-state index in [2.05, 4.69) is 10.6 Å². The first kappa shape index (κ1) is 14.5. The highest BCUT2D eigenvalue weighted by Crippen LogP contribution is 2.23. The van der Waals surface area contributed by atoms with Crippen LogP contribution >= 0.6 is 0 Å². The Morgan fingerprint density at radius 2 is 2.00 bits per heavy atom. The van der Waals surface area contributed by atoms with E-state index in [4.69, 9.17) is 0 Å². The molecule has 2 amide bonds. The maximum absolute atomic E-state index is 12.4. The Hall–Kier alpha value is -1.88. The largest absolute Gasteiger partial charge is 0.345 e. The molecule has 20 heavy (non-hydrogen) atoms. The molecular weight excluding hydrogens is 254 g/mol. The quantitative estimate of drug-likeness (QED) is 0.878. The van der Waals surface area contributed by atoms with Crippen molar-refractivity contribution in [3.8, 4) is 0 Å². The number of rotatable bonds is 3. The minimum Gasteiger partial charge on any atom is -0.345 e. The van der Waals surface area contributed by atoms with E-state index in [-0.39, 0.29) is 11.8 Å². The molecule has 2 N–H and O–H groups in total. The molecule has 1 saturated heterocycles. The second-order valence-electron chi connectivity index (χ2n) is 5.56. The van der Waals surface area contributed by atoms with Crippen LogP contribution in [-0.2, 0) is 4.79 Å². The maximum Gasteiger partial charge on any atom is 0.255 e. The predicted molar refractivity (Wildman–Crippen MR) is 78.7 cm³/mol. The molecule has 1 atom stereocenters. The molecule has 1 fully saturated rings. The van der Waals surface area contributed by atoms with Crippen LogP contribution in [0, 0.1) is 0 Å². The lowest BCUT2D eigenvalue weighted by Gasteiger charge is -2.24. The zero-order chi connectivity index (χ0) is 14.8.